The first-order chi connectivity index (χ1) is 12.9. The Labute approximate surface area is 171 Å². The molecule has 0 unspecified atom stereocenters. The van der Waals surface area contributed by atoms with Crippen molar-refractivity contribution in [1.29, 1.82) is 5.41 Å². The number of pyridine rings is 1. The molecule has 0 saturated carbocycles. The van der Waals surface area contributed by atoms with Crippen molar-refractivity contribution < 1.29 is 4.74 Å². The highest BCUT2D eigenvalue weighted by molar-refractivity contribution is 14.1. The fourth-order valence-corrected chi connectivity index (χ4v) is 3.36. The van der Waals surface area contributed by atoms with Crippen LogP contribution in [0.15, 0.2) is 30.6 Å². The molecule has 0 bridgehead atoms. The molecule has 1 aromatic carbocycles. The Morgan fingerprint density at radius 1 is 1.33 bits per heavy atom. The van der Waals surface area contributed by atoms with E-state index in [0.717, 1.165) is 22.0 Å². The molecule has 2 aromatic heterocycles. The monoisotopic (exact) mass is 476 g/mol. The van der Waals surface area contributed by atoms with Gasteiger partial charge in [0.15, 0.2) is 0 Å². The second-order valence-corrected chi connectivity index (χ2v) is 7.49. The van der Waals surface area contributed by atoms with Gasteiger partial charge in [-0.1, -0.05) is 18.2 Å². The Morgan fingerprint density at radius 3 is 2.81 bits per heavy atom. The molecule has 0 fully saturated rings. The first-order valence-corrected chi connectivity index (χ1v) is 9.59. The topological polar surface area (TPSA) is 110 Å². The summed E-state index contributed by atoms with van der Waals surface area (Å²) in [6.07, 6.45) is 1.40. The smallest absolute Gasteiger partial charge is 0.222 e. The number of aromatic nitrogens is 3. The number of nitrogen functional groups attached to an aromatic ring is 1. The van der Waals surface area contributed by atoms with Crippen LogP contribution in [-0.4, -0.2) is 24.8 Å². The lowest BCUT2D eigenvalue weighted by molar-refractivity contribution is 0.235. The van der Waals surface area contributed by atoms with Gasteiger partial charge in [0, 0.05) is 5.39 Å². The van der Waals surface area contributed by atoms with Crippen LogP contribution in [0, 0.1) is 12.3 Å². The SMILES string of the molecule is Cc1cccc2cc(CNc3ncnc(N)c3C(=N)I)nc(OC(C)C)c12. The third kappa shape index (κ3) is 4.26. The average Bonchev–Trinajstić information content (AvgIpc) is 2.59. The molecule has 0 spiro atoms. The molecule has 0 amide bonds. The van der Waals surface area contributed by atoms with Crippen LogP contribution >= 0.6 is 22.6 Å². The number of nitrogens with two attached hydrogens (primary N) is 1. The van der Waals surface area contributed by atoms with Crippen LogP contribution in [0.4, 0.5) is 11.6 Å². The van der Waals surface area contributed by atoms with Gasteiger partial charge < -0.3 is 15.8 Å². The molecule has 0 aliphatic carbocycles. The Bertz CT molecular complexity index is 1000. The van der Waals surface area contributed by atoms with Gasteiger partial charge in [-0.05, 0) is 60.4 Å². The Balaban J connectivity index is 1.97. The number of halogens is 1. The van der Waals surface area contributed by atoms with Crippen molar-refractivity contribution in [2.45, 2.75) is 33.4 Å². The number of hydrogen-bond acceptors (Lipinski definition) is 7. The van der Waals surface area contributed by atoms with E-state index in [-0.39, 0.29) is 15.6 Å². The van der Waals surface area contributed by atoms with Crippen LogP contribution in [0.1, 0.15) is 30.7 Å². The molecule has 27 heavy (non-hydrogen) atoms. The van der Waals surface area contributed by atoms with Crippen molar-refractivity contribution in [3.63, 3.8) is 0 Å². The average molecular weight is 476 g/mol. The molecule has 8 heteroatoms. The predicted octanol–water partition coefficient (Wildman–Crippen LogP) is 4.08. The first kappa shape index (κ1) is 19.3. The van der Waals surface area contributed by atoms with E-state index in [4.69, 9.17) is 20.9 Å². The molecule has 3 aromatic rings. The minimum absolute atomic E-state index is 0.0243. The maximum atomic E-state index is 7.89. The summed E-state index contributed by atoms with van der Waals surface area (Å²) < 4.78 is 6.24. The third-order valence-electron chi connectivity index (χ3n) is 3.97. The van der Waals surface area contributed by atoms with E-state index in [0.29, 0.717) is 23.8 Å². The fourth-order valence-electron chi connectivity index (χ4n) is 2.82. The van der Waals surface area contributed by atoms with Gasteiger partial charge in [0.2, 0.25) is 5.88 Å². The van der Waals surface area contributed by atoms with Gasteiger partial charge in [-0.2, -0.15) is 0 Å². The highest BCUT2D eigenvalue weighted by Gasteiger charge is 2.14. The molecule has 140 valence electrons. The summed E-state index contributed by atoms with van der Waals surface area (Å²) in [4.78, 5) is 12.9. The molecule has 0 aliphatic heterocycles. The van der Waals surface area contributed by atoms with E-state index in [9.17, 15) is 0 Å². The van der Waals surface area contributed by atoms with E-state index >= 15 is 0 Å². The van der Waals surface area contributed by atoms with Gasteiger partial charge in [0.1, 0.15) is 21.7 Å². The normalized spacial score (nSPS) is 11.0. The van der Waals surface area contributed by atoms with Gasteiger partial charge in [0.25, 0.3) is 0 Å². The number of ether oxygens (including phenoxy) is 1. The quantitative estimate of drug-likeness (QED) is 0.366. The Morgan fingerprint density at radius 2 is 2.11 bits per heavy atom. The van der Waals surface area contributed by atoms with Crippen molar-refractivity contribution in [2.24, 2.45) is 0 Å². The number of nitrogens with one attached hydrogen (secondary N) is 2. The number of nitrogens with zero attached hydrogens (tertiary/aromatic N) is 3. The first-order valence-electron chi connectivity index (χ1n) is 8.51. The number of benzene rings is 1. The number of rotatable bonds is 6. The van der Waals surface area contributed by atoms with E-state index in [1.54, 1.807) is 0 Å². The third-order valence-corrected chi connectivity index (χ3v) is 4.51. The maximum Gasteiger partial charge on any atom is 0.222 e. The Hall–Kier alpha value is -2.49. The van der Waals surface area contributed by atoms with Crippen LogP contribution in [0.2, 0.25) is 0 Å². The zero-order valence-electron chi connectivity index (χ0n) is 15.4. The molecular weight excluding hydrogens is 455 g/mol. The summed E-state index contributed by atoms with van der Waals surface area (Å²) in [5, 5.41) is 13.2. The minimum Gasteiger partial charge on any atom is -0.474 e. The summed E-state index contributed by atoms with van der Waals surface area (Å²) in [7, 11) is 0. The predicted molar refractivity (Wildman–Crippen MR) is 117 cm³/mol. The van der Waals surface area contributed by atoms with E-state index < -0.39 is 0 Å². The van der Waals surface area contributed by atoms with Crippen LogP contribution in [0.3, 0.4) is 0 Å². The molecule has 2 heterocycles. The van der Waals surface area contributed by atoms with Crippen LogP contribution in [0.25, 0.3) is 10.8 Å². The molecular formula is C19H21IN6O. The Kier molecular flexibility index (Phi) is 5.73. The lowest BCUT2D eigenvalue weighted by Gasteiger charge is -2.16. The molecule has 0 atom stereocenters. The van der Waals surface area contributed by atoms with Crippen molar-refractivity contribution in [3.05, 3.63) is 47.4 Å². The van der Waals surface area contributed by atoms with Crippen molar-refractivity contribution >= 4 is 48.7 Å². The van der Waals surface area contributed by atoms with Crippen LogP contribution < -0.4 is 15.8 Å². The number of aryl methyl sites for hydroxylation is 1. The maximum absolute atomic E-state index is 7.89. The van der Waals surface area contributed by atoms with Crippen molar-refractivity contribution in [3.8, 4) is 5.88 Å². The van der Waals surface area contributed by atoms with Crippen molar-refractivity contribution in [2.75, 3.05) is 11.1 Å². The molecule has 3 rings (SSSR count). The van der Waals surface area contributed by atoms with Gasteiger partial charge >= 0.3 is 0 Å². The molecule has 0 aliphatic rings. The zero-order valence-corrected chi connectivity index (χ0v) is 17.5. The van der Waals surface area contributed by atoms with Crippen LogP contribution in [-0.2, 0) is 6.54 Å². The second-order valence-electron chi connectivity index (χ2n) is 6.41. The summed E-state index contributed by atoms with van der Waals surface area (Å²) in [6.45, 7) is 6.44. The van der Waals surface area contributed by atoms with Crippen LogP contribution in [0.5, 0.6) is 5.88 Å². The minimum atomic E-state index is 0.0243. The zero-order chi connectivity index (χ0) is 19.6. The molecule has 0 radical (unpaired) electrons. The molecule has 7 nitrogen and oxygen atoms in total. The number of hydrogen-bond donors (Lipinski definition) is 3. The summed E-state index contributed by atoms with van der Waals surface area (Å²) >= 11 is 1.90. The molecule has 4 N–H and O–H groups in total. The molecule has 0 saturated heterocycles. The largest absolute Gasteiger partial charge is 0.474 e. The van der Waals surface area contributed by atoms with E-state index in [1.807, 2.05) is 48.6 Å². The summed E-state index contributed by atoms with van der Waals surface area (Å²) in [5.41, 5.74) is 8.32. The van der Waals surface area contributed by atoms with Gasteiger partial charge in [-0.3, -0.25) is 5.41 Å². The standard InChI is InChI=1S/C19H21IN6O/c1-10(2)27-19-14-11(3)5-4-6-12(14)7-13(26-19)8-23-18-15(16(20)21)17(22)24-9-25-18/h4-7,9-10,21H,8H2,1-3H3,(H3,22,23,24,25). The summed E-state index contributed by atoms with van der Waals surface area (Å²) in [5.74, 6) is 1.42. The van der Waals surface area contributed by atoms with Gasteiger partial charge in [0.05, 0.1) is 23.9 Å². The van der Waals surface area contributed by atoms with Gasteiger partial charge in [-0.25, -0.2) is 15.0 Å². The highest BCUT2D eigenvalue weighted by atomic mass is 127. The number of anilines is 2. The second kappa shape index (κ2) is 8.03. The number of fused-ring (bicyclic) bond motifs is 1. The van der Waals surface area contributed by atoms with Gasteiger partial charge in [-0.15, -0.1) is 0 Å². The summed E-state index contributed by atoms with van der Waals surface area (Å²) in [6, 6.07) is 8.16. The highest BCUT2D eigenvalue weighted by Crippen LogP contribution is 2.29. The lowest BCUT2D eigenvalue weighted by Crippen LogP contribution is -2.12. The lowest BCUT2D eigenvalue weighted by atomic mass is 10.1. The van der Waals surface area contributed by atoms with Crippen molar-refractivity contribution in [1.82, 2.24) is 15.0 Å². The van der Waals surface area contributed by atoms with E-state index in [2.05, 4.69) is 34.3 Å². The fraction of sp³-hybridized carbons (Fsp3) is 0.263. The van der Waals surface area contributed by atoms with E-state index in [1.165, 1.54) is 6.33 Å².